The first-order chi connectivity index (χ1) is 14.1. The molecule has 1 aliphatic rings. The molecule has 1 N–H and O–H groups in total. The van der Waals surface area contributed by atoms with E-state index in [0.29, 0.717) is 18.3 Å². The van der Waals surface area contributed by atoms with Gasteiger partial charge in [-0.2, -0.15) is 4.98 Å². The number of piperidine rings is 1. The highest BCUT2D eigenvalue weighted by Crippen LogP contribution is 2.22. The summed E-state index contributed by atoms with van der Waals surface area (Å²) in [6.45, 7) is 6.37. The largest absolute Gasteiger partial charge is 0.338 e. The summed E-state index contributed by atoms with van der Waals surface area (Å²) in [6.07, 6.45) is 1.66. The third kappa shape index (κ3) is 4.90. The molecule has 0 radical (unpaired) electrons. The molecule has 29 heavy (non-hydrogen) atoms. The van der Waals surface area contributed by atoms with Crippen LogP contribution in [0.25, 0.3) is 11.4 Å². The minimum Gasteiger partial charge on any atom is -0.338 e. The number of hydrogen-bond donors (Lipinski definition) is 1. The number of amides is 1. The van der Waals surface area contributed by atoms with Crippen LogP contribution in [0, 0.1) is 19.8 Å². The number of hydrogen-bond acceptors (Lipinski definition) is 5. The minimum absolute atomic E-state index is 0.0392. The monoisotopic (exact) mass is 390 g/mol. The van der Waals surface area contributed by atoms with Gasteiger partial charge in [-0.15, -0.1) is 0 Å². The van der Waals surface area contributed by atoms with E-state index in [-0.39, 0.29) is 11.8 Å². The van der Waals surface area contributed by atoms with Crippen molar-refractivity contribution in [3.05, 3.63) is 65.5 Å². The highest BCUT2D eigenvalue weighted by atomic mass is 16.5. The molecule has 0 bridgehead atoms. The number of aromatic nitrogens is 2. The van der Waals surface area contributed by atoms with E-state index in [2.05, 4.69) is 20.4 Å². The molecular weight excluding hydrogens is 364 g/mol. The van der Waals surface area contributed by atoms with E-state index in [9.17, 15) is 4.79 Å². The first kappa shape index (κ1) is 19.3. The van der Waals surface area contributed by atoms with E-state index >= 15 is 0 Å². The maximum absolute atomic E-state index is 12.6. The van der Waals surface area contributed by atoms with Crippen molar-refractivity contribution in [1.82, 2.24) is 15.0 Å². The Balaban J connectivity index is 1.29. The van der Waals surface area contributed by atoms with Gasteiger partial charge in [0.05, 0.1) is 6.54 Å². The van der Waals surface area contributed by atoms with Gasteiger partial charge >= 0.3 is 0 Å². The Hall–Kier alpha value is -2.99. The predicted octanol–water partition coefficient (Wildman–Crippen LogP) is 4.20. The lowest BCUT2D eigenvalue weighted by Crippen LogP contribution is -2.37. The summed E-state index contributed by atoms with van der Waals surface area (Å²) >= 11 is 0. The van der Waals surface area contributed by atoms with Crippen LogP contribution in [0.15, 0.2) is 53.1 Å². The molecule has 6 nitrogen and oxygen atoms in total. The molecule has 1 fully saturated rings. The molecule has 2 aromatic carbocycles. The first-order valence-corrected chi connectivity index (χ1v) is 10.1. The molecule has 0 unspecified atom stereocenters. The van der Waals surface area contributed by atoms with Crippen molar-refractivity contribution in [2.24, 2.45) is 5.92 Å². The number of nitrogens with one attached hydrogen (secondary N) is 1. The predicted molar refractivity (Wildman–Crippen MR) is 112 cm³/mol. The highest BCUT2D eigenvalue weighted by Gasteiger charge is 2.26. The Labute approximate surface area is 170 Å². The number of anilines is 1. The Morgan fingerprint density at radius 3 is 2.55 bits per heavy atom. The van der Waals surface area contributed by atoms with E-state index in [0.717, 1.165) is 42.7 Å². The van der Waals surface area contributed by atoms with Crippen LogP contribution in [-0.4, -0.2) is 34.0 Å². The van der Waals surface area contributed by atoms with Crippen molar-refractivity contribution >= 4 is 11.6 Å². The average Bonchev–Trinajstić information content (AvgIpc) is 3.17. The summed E-state index contributed by atoms with van der Waals surface area (Å²) in [7, 11) is 0. The molecule has 150 valence electrons. The fraction of sp³-hybridized carbons (Fsp3) is 0.348. The van der Waals surface area contributed by atoms with Crippen molar-refractivity contribution in [1.29, 1.82) is 0 Å². The fourth-order valence-electron chi connectivity index (χ4n) is 3.73. The van der Waals surface area contributed by atoms with E-state index in [1.807, 2.05) is 62.4 Å². The second-order valence-electron chi connectivity index (χ2n) is 7.79. The van der Waals surface area contributed by atoms with E-state index in [1.54, 1.807) is 0 Å². The smallest absolute Gasteiger partial charge is 0.241 e. The van der Waals surface area contributed by atoms with Crippen LogP contribution in [0.3, 0.4) is 0 Å². The summed E-state index contributed by atoms with van der Waals surface area (Å²) in [5.41, 5.74) is 4.14. The standard InChI is InChI=1S/C23H26N4O2/c1-16-5-3-7-19(13-16)22-25-21(29-26-22)15-27-11-9-18(10-12-27)23(28)24-20-8-4-6-17(2)14-20/h3-8,13-14,18H,9-12,15H2,1-2H3,(H,24,28). The molecule has 2 heterocycles. The summed E-state index contributed by atoms with van der Waals surface area (Å²) in [5.74, 6) is 1.38. The molecule has 1 aliphatic heterocycles. The summed E-state index contributed by atoms with van der Waals surface area (Å²) in [5, 5.41) is 7.16. The third-order valence-corrected chi connectivity index (χ3v) is 5.35. The van der Waals surface area contributed by atoms with Crippen LogP contribution in [0.2, 0.25) is 0 Å². The minimum atomic E-state index is 0.0392. The first-order valence-electron chi connectivity index (χ1n) is 10.1. The molecule has 0 spiro atoms. The number of aryl methyl sites for hydroxylation is 2. The van der Waals surface area contributed by atoms with Gasteiger partial charge in [0.15, 0.2) is 0 Å². The lowest BCUT2D eigenvalue weighted by molar-refractivity contribution is -0.121. The second kappa shape index (κ2) is 8.57. The Morgan fingerprint density at radius 2 is 1.83 bits per heavy atom. The van der Waals surface area contributed by atoms with Crippen LogP contribution in [0.5, 0.6) is 0 Å². The summed E-state index contributed by atoms with van der Waals surface area (Å²) < 4.78 is 5.44. The fourth-order valence-corrected chi connectivity index (χ4v) is 3.73. The van der Waals surface area contributed by atoms with Gasteiger partial charge in [-0.05, 0) is 63.5 Å². The van der Waals surface area contributed by atoms with Gasteiger partial charge in [0, 0.05) is 17.2 Å². The zero-order chi connectivity index (χ0) is 20.2. The van der Waals surface area contributed by atoms with Crippen LogP contribution >= 0.6 is 0 Å². The zero-order valence-corrected chi connectivity index (χ0v) is 16.9. The number of likely N-dealkylation sites (tertiary alicyclic amines) is 1. The quantitative estimate of drug-likeness (QED) is 0.707. The van der Waals surface area contributed by atoms with Crippen molar-refractivity contribution in [2.75, 3.05) is 18.4 Å². The molecule has 6 heteroatoms. The normalized spacial score (nSPS) is 15.4. The molecular formula is C23H26N4O2. The van der Waals surface area contributed by atoms with Crippen molar-refractivity contribution in [3.63, 3.8) is 0 Å². The number of benzene rings is 2. The topological polar surface area (TPSA) is 71.3 Å². The van der Waals surface area contributed by atoms with Gasteiger partial charge in [0.1, 0.15) is 0 Å². The van der Waals surface area contributed by atoms with Crippen molar-refractivity contribution in [2.45, 2.75) is 33.2 Å². The lowest BCUT2D eigenvalue weighted by atomic mass is 9.96. The van der Waals surface area contributed by atoms with Gasteiger partial charge in [-0.3, -0.25) is 9.69 Å². The Morgan fingerprint density at radius 1 is 1.10 bits per heavy atom. The van der Waals surface area contributed by atoms with Gasteiger partial charge < -0.3 is 9.84 Å². The van der Waals surface area contributed by atoms with Gasteiger partial charge in [0.2, 0.25) is 17.6 Å². The maximum Gasteiger partial charge on any atom is 0.241 e. The van der Waals surface area contributed by atoms with Crippen LogP contribution in [0.4, 0.5) is 5.69 Å². The highest BCUT2D eigenvalue weighted by molar-refractivity contribution is 5.92. The Kier molecular flexibility index (Phi) is 5.71. The third-order valence-electron chi connectivity index (χ3n) is 5.35. The molecule has 1 aromatic heterocycles. The van der Waals surface area contributed by atoms with Crippen molar-refractivity contribution in [3.8, 4) is 11.4 Å². The molecule has 4 rings (SSSR count). The lowest BCUT2D eigenvalue weighted by Gasteiger charge is -2.30. The van der Waals surface area contributed by atoms with E-state index in [1.165, 1.54) is 5.56 Å². The molecule has 0 atom stereocenters. The summed E-state index contributed by atoms with van der Waals surface area (Å²) in [6, 6.07) is 16.0. The number of nitrogens with zero attached hydrogens (tertiary/aromatic N) is 3. The Bertz CT molecular complexity index is 990. The number of carbonyl (C=O) groups excluding carboxylic acids is 1. The molecule has 1 amide bonds. The van der Waals surface area contributed by atoms with Crippen LogP contribution < -0.4 is 5.32 Å². The summed E-state index contributed by atoms with van der Waals surface area (Å²) in [4.78, 5) is 19.4. The molecule has 3 aromatic rings. The van der Waals surface area contributed by atoms with E-state index in [4.69, 9.17) is 4.52 Å². The maximum atomic E-state index is 12.6. The number of rotatable bonds is 5. The van der Waals surface area contributed by atoms with E-state index < -0.39 is 0 Å². The number of carbonyl (C=O) groups is 1. The van der Waals surface area contributed by atoms with Gasteiger partial charge in [-0.1, -0.05) is 41.1 Å². The van der Waals surface area contributed by atoms with Crippen LogP contribution in [0.1, 0.15) is 29.9 Å². The second-order valence-corrected chi connectivity index (χ2v) is 7.79. The molecule has 0 saturated carbocycles. The molecule has 1 saturated heterocycles. The van der Waals surface area contributed by atoms with Gasteiger partial charge in [0.25, 0.3) is 0 Å². The van der Waals surface area contributed by atoms with Gasteiger partial charge in [-0.25, -0.2) is 0 Å². The van der Waals surface area contributed by atoms with Crippen LogP contribution in [-0.2, 0) is 11.3 Å². The molecule has 0 aliphatic carbocycles. The SMILES string of the molecule is Cc1cccc(NC(=O)C2CCN(Cc3nc(-c4cccc(C)c4)no3)CC2)c1. The van der Waals surface area contributed by atoms with Crippen molar-refractivity contribution < 1.29 is 9.32 Å². The average molecular weight is 390 g/mol. The zero-order valence-electron chi connectivity index (χ0n) is 16.9.